The van der Waals surface area contributed by atoms with Crippen LogP contribution in [0, 0.1) is 5.92 Å². The summed E-state index contributed by atoms with van der Waals surface area (Å²) in [5.41, 5.74) is 1.27. The third-order valence-electron chi connectivity index (χ3n) is 11.1. The van der Waals surface area contributed by atoms with Gasteiger partial charge in [-0.05, 0) is 63.9 Å². The van der Waals surface area contributed by atoms with Crippen molar-refractivity contribution in [2.24, 2.45) is 5.92 Å². The number of rotatable bonds is 19. The summed E-state index contributed by atoms with van der Waals surface area (Å²) in [5, 5.41) is 19.3. The monoisotopic (exact) mass is 883 g/mol. The molecule has 328 valence electrons. The lowest BCUT2D eigenvalue weighted by Crippen LogP contribution is -2.56. The minimum absolute atomic E-state index is 0.00409. The molecule has 62 heavy (non-hydrogen) atoms. The fourth-order valence-corrected chi connectivity index (χ4v) is 9.87. The number of H-pyrrole nitrogens is 1. The van der Waals surface area contributed by atoms with Crippen molar-refractivity contribution in [3.8, 4) is 22.9 Å². The molecule has 5 N–H and O–H groups in total. The molecule has 3 aromatic heterocycles. The molecule has 1 aliphatic heterocycles. The number of hydrogen-bond donors (Lipinski definition) is 5. The number of anilines is 2. The van der Waals surface area contributed by atoms with Crippen LogP contribution in [0.2, 0.25) is 0 Å². The molecule has 5 aromatic rings. The molecule has 4 heterocycles. The standard InChI is InChI=1S/C44H53N9O7S2/c1-7-8-9-12-18-45-32-13-10-11-14-39(32)62(57,58)52-42(56)44(23-31(44)26(2)3)50-40(54)37-21-29(24-53(37)41(55)33-17-19-46-51-33)60-38-22-35(36-25-61-43(49-36)47-27(4)5)48-34-20-28(59-6)15-16-30(34)38/h10-11,13-17,19-20,22,25,27,29,31,37,45H,2,7-9,12,18,21,23-24H2,1,3-6H3,(H,46,51)(H,47,49)(H,50,54)(H,52,56)/t29-,31+,37+,44-/m1/s1. The zero-order chi connectivity index (χ0) is 44.2. The fraction of sp³-hybridized carbons (Fsp3) is 0.409. The summed E-state index contributed by atoms with van der Waals surface area (Å²) in [7, 11) is -2.82. The number of nitrogens with one attached hydrogen (secondary N) is 5. The minimum atomic E-state index is -4.39. The van der Waals surface area contributed by atoms with Gasteiger partial charge < -0.3 is 30.3 Å². The number of carbonyl (C=O) groups is 3. The normalized spacial score (nSPS) is 19.6. The Morgan fingerprint density at radius 3 is 2.58 bits per heavy atom. The van der Waals surface area contributed by atoms with Crippen LogP contribution >= 0.6 is 11.3 Å². The average molecular weight is 884 g/mol. The Balaban J connectivity index is 1.15. The summed E-state index contributed by atoms with van der Waals surface area (Å²) in [6.45, 7) is 12.5. The Labute approximate surface area is 365 Å². The second-order valence-electron chi connectivity index (χ2n) is 16.1. The summed E-state index contributed by atoms with van der Waals surface area (Å²) >= 11 is 1.46. The van der Waals surface area contributed by atoms with Gasteiger partial charge >= 0.3 is 0 Å². The van der Waals surface area contributed by atoms with E-state index in [0.717, 1.165) is 30.8 Å². The van der Waals surface area contributed by atoms with Gasteiger partial charge in [0.25, 0.3) is 21.8 Å². The second kappa shape index (κ2) is 18.5. The molecule has 0 unspecified atom stereocenters. The molecule has 0 bridgehead atoms. The van der Waals surface area contributed by atoms with Crippen molar-refractivity contribution in [2.75, 3.05) is 30.8 Å². The second-order valence-corrected chi connectivity index (χ2v) is 18.6. The summed E-state index contributed by atoms with van der Waals surface area (Å²) in [4.78, 5) is 53.7. The lowest BCUT2D eigenvalue weighted by Gasteiger charge is -2.26. The number of pyridine rings is 1. The average Bonchev–Trinajstić information content (AvgIpc) is 3.65. The maximum Gasteiger partial charge on any atom is 0.272 e. The Morgan fingerprint density at radius 1 is 1.06 bits per heavy atom. The lowest BCUT2D eigenvalue weighted by molar-refractivity contribution is -0.131. The van der Waals surface area contributed by atoms with E-state index in [0.29, 0.717) is 51.6 Å². The first-order valence-electron chi connectivity index (χ1n) is 20.8. The highest BCUT2D eigenvalue weighted by molar-refractivity contribution is 7.90. The minimum Gasteiger partial charge on any atom is -0.497 e. The number of fused-ring (bicyclic) bond motifs is 1. The van der Waals surface area contributed by atoms with Crippen LogP contribution in [-0.4, -0.2) is 95.1 Å². The number of hydrogen-bond acceptors (Lipinski definition) is 13. The Morgan fingerprint density at radius 2 is 1.87 bits per heavy atom. The number of amides is 3. The number of sulfonamides is 1. The maximum absolute atomic E-state index is 14.5. The quantitative estimate of drug-likeness (QED) is 0.0444. The van der Waals surface area contributed by atoms with Crippen LogP contribution in [-0.2, 0) is 19.6 Å². The van der Waals surface area contributed by atoms with E-state index in [4.69, 9.17) is 19.4 Å². The number of unbranched alkanes of at least 4 members (excludes halogenated alkanes) is 3. The van der Waals surface area contributed by atoms with Crippen LogP contribution in [0.3, 0.4) is 0 Å². The molecule has 18 heteroatoms. The maximum atomic E-state index is 14.5. The summed E-state index contributed by atoms with van der Waals surface area (Å²) in [5.74, 6) is -1.54. The molecule has 16 nitrogen and oxygen atoms in total. The molecule has 0 radical (unpaired) electrons. The van der Waals surface area contributed by atoms with Gasteiger partial charge in [-0.15, -0.1) is 11.3 Å². The molecule has 2 aliphatic rings. The van der Waals surface area contributed by atoms with E-state index in [1.807, 2.05) is 25.3 Å². The van der Waals surface area contributed by atoms with Gasteiger partial charge in [0.1, 0.15) is 45.5 Å². The highest BCUT2D eigenvalue weighted by Gasteiger charge is 2.63. The van der Waals surface area contributed by atoms with Crippen molar-refractivity contribution in [3.63, 3.8) is 0 Å². The van der Waals surface area contributed by atoms with Crippen LogP contribution in [0.5, 0.6) is 11.5 Å². The molecular formula is C44H53N9O7S2. The van der Waals surface area contributed by atoms with E-state index in [9.17, 15) is 22.8 Å². The number of likely N-dealkylation sites (tertiary alicyclic amines) is 1. The van der Waals surface area contributed by atoms with Crippen molar-refractivity contribution in [1.82, 2.24) is 35.1 Å². The molecule has 1 saturated heterocycles. The molecular weight excluding hydrogens is 831 g/mol. The molecule has 2 fully saturated rings. The highest BCUT2D eigenvalue weighted by Crippen LogP contribution is 2.49. The van der Waals surface area contributed by atoms with Gasteiger partial charge in [0.15, 0.2) is 5.13 Å². The molecule has 2 aromatic carbocycles. The van der Waals surface area contributed by atoms with Gasteiger partial charge in [0.05, 0.1) is 30.6 Å². The zero-order valence-electron chi connectivity index (χ0n) is 35.5. The van der Waals surface area contributed by atoms with Gasteiger partial charge in [-0.1, -0.05) is 50.5 Å². The molecule has 3 amide bonds. The zero-order valence-corrected chi connectivity index (χ0v) is 37.1. The summed E-state index contributed by atoms with van der Waals surface area (Å²) in [6, 6.07) is 14.2. The topological polar surface area (TPSA) is 210 Å². The van der Waals surface area contributed by atoms with Gasteiger partial charge in [-0.2, -0.15) is 5.10 Å². The lowest BCUT2D eigenvalue weighted by atomic mass is 10.1. The van der Waals surface area contributed by atoms with Gasteiger partial charge in [0, 0.05) is 54.0 Å². The van der Waals surface area contributed by atoms with E-state index in [1.165, 1.54) is 34.6 Å². The molecule has 7 rings (SSSR count). The third-order valence-corrected chi connectivity index (χ3v) is 13.2. The Bertz CT molecular complexity index is 2560. The predicted molar refractivity (Wildman–Crippen MR) is 239 cm³/mol. The number of aromatic nitrogens is 4. The Hall–Kier alpha value is -6.01. The molecule has 0 spiro atoms. The predicted octanol–water partition coefficient (Wildman–Crippen LogP) is 6.52. The SMILES string of the molecule is C=C(C)[C@@H]1C[C@]1(NC(=O)[C@@H]1C[C@@H](Oc2cc(-c3csc(NC(C)C)n3)nc3cc(OC)ccc23)CN1C(=O)c1ccn[nH]1)C(=O)NS(=O)(=O)c1ccccc1NCCCCCC. The molecule has 4 atom stereocenters. The van der Waals surface area contributed by atoms with Gasteiger partial charge in [-0.3, -0.25) is 19.5 Å². The van der Waals surface area contributed by atoms with Crippen molar-refractivity contribution >= 4 is 60.8 Å². The summed E-state index contributed by atoms with van der Waals surface area (Å²) in [6.07, 6.45) is 4.91. The first-order chi connectivity index (χ1) is 29.7. The first-order valence-corrected chi connectivity index (χ1v) is 23.1. The van der Waals surface area contributed by atoms with Crippen molar-refractivity contribution < 1.29 is 32.3 Å². The van der Waals surface area contributed by atoms with Gasteiger partial charge in [0.2, 0.25) is 5.91 Å². The molecule has 1 aliphatic carbocycles. The molecule has 1 saturated carbocycles. The largest absolute Gasteiger partial charge is 0.497 e. The smallest absolute Gasteiger partial charge is 0.272 e. The van der Waals surface area contributed by atoms with Crippen molar-refractivity contribution in [1.29, 1.82) is 0 Å². The fourth-order valence-electron chi connectivity index (χ4n) is 7.80. The number of carbonyl (C=O) groups excluding carboxylic acids is 3. The van der Waals surface area contributed by atoms with E-state index < -0.39 is 51.3 Å². The van der Waals surface area contributed by atoms with Crippen LogP contribution < -0.4 is 30.1 Å². The third kappa shape index (κ3) is 9.55. The van der Waals surface area contributed by atoms with Crippen LogP contribution in [0.1, 0.15) is 76.7 Å². The van der Waals surface area contributed by atoms with Crippen molar-refractivity contribution in [2.45, 2.75) is 94.8 Å². The number of benzene rings is 2. The number of aromatic amines is 1. The first kappa shape index (κ1) is 44.1. The number of nitrogens with zero attached hydrogens (tertiary/aromatic N) is 4. The van der Waals surface area contributed by atoms with E-state index in [-0.39, 0.29) is 36.0 Å². The number of thiazole rings is 1. The van der Waals surface area contributed by atoms with Gasteiger partial charge in [-0.25, -0.2) is 23.1 Å². The van der Waals surface area contributed by atoms with Crippen molar-refractivity contribution in [3.05, 3.63) is 84.0 Å². The van der Waals surface area contributed by atoms with Crippen LogP contribution in [0.15, 0.2) is 83.2 Å². The van der Waals surface area contributed by atoms with Crippen LogP contribution in [0.25, 0.3) is 22.3 Å². The highest BCUT2D eigenvalue weighted by atomic mass is 32.2. The van der Waals surface area contributed by atoms with E-state index in [1.54, 1.807) is 50.4 Å². The van der Waals surface area contributed by atoms with Crippen LogP contribution in [0.4, 0.5) is 10.8 Å². The number of ether oxygens (including phenoxy) is 2. The van der Waals surface area contributed by atoms with E-state index in [2.05, 4.69) is 44.4 Å². The Kier molecular flexibility index (Phi) is 13.2. The number of methoxy groups -OCH3 is 1. The number of para-hydroxylation sites is 1. The summed E-state index contributed by atoms with van der Waals surface area (Å²) < 4.78 is 42.2. The van der Waals surface area contributed by atoms with E-state index >= 15 is 0 Å².